The number of primary amides is 1. The summed E-state index contributed by atoms with van der Waals surface area (Å²) in [7, 11) is 1.46. The van der Waals surface area contributed by atoms with Crippen LogP contribution in [0.5, 0.6) is 11.5 Å². The first-order chi connectivity index (χ1) is 32.3. The number of amides is 8. The fourth-order valence-electron chi connectivity index (χ4n) is 7.26. The van der Waals surface area contributed by atoms with Gasteiger partial charge in [-0.05, 0) is 86.9 Å². The lowest BCUT2D eigenvalue weighted by atomic mass is 9.84. The average Bonchev–Trinajstić information content (AvgIpc) is 3.31. The molecule has 13 N–H and O–H groups in total. The second-order valence-electron chi connectivity index (χ2n) is 16.4. The van der Waals surface area contributed by atoms with Gasteiger partial charge in [0, 0.05) is 18.4 Å². The number of methoxy groups -OCH3 is 1. The number of aromatic hydroxyl groups is 1. The molecule has 2 aromatic carbocycles. The molecule has 0 unspecified atom stereocenters. The van der Waals surface area contributed by atoms with Crippen LogP contribution in [-0.4, -0.2) is 136 Å². The van der Waals surface area contributed by atoms with E-state index in [0.717, 1.165) is 19.3 Å². The van der Waals surface area contributed by atoms with Crippen molar-refractivity contribution in [1.29, 1.82) is 0 Å². The Labute approximate surface area is 392 Å². The van der Waals surface area contributed by atoms with Gasteiger partial charge in [0.05, 0.1) is 20.3 Å². The number of nitrogens with two attached hydrogens (primary N) is 1. The summed E-state index contributed by atoms with van der Waals surface area (Å²) < 4.78 is 5.06. The Morgan fingerprint density at radius 1 is 0.647 bits per heavy atom. The SMILES string of the molecule is COc1ccc(C(=O)N[C@@H](C)C(=O)NCC(=O)N[C@@H](CCC(=O)O)C(=O)N[C@@H](CO)C(=O)N[C@@H](CC2CCCCC2)C(=O)N[C@@H](CCc2ccc(O)cc2)C(=O)N[C@@H](CCC(=O)O)C(N)=O)cc1. The van der Waals surface area contributed by atoms with Gasteiger partial charge in [-0.25, -0.2) is 0 Å². The van der Waals surface area contributed by atoms with Gasteiger partial charge in [-0.15, -0.1) is 0 Å². The van der Waals surface area contributed by atoms with Gasteiger partial charge in [0.1, 0.15) is 47.8 Å². The Morgan fingerprint density at radius 3 is 1.72 bits per heavy atom. The van der Waals surface area contributed by atoms with Crippen LogP contribution >= 0.6 is 0 Å². The van der Waals surface area contributed by atoms with Gasteiger partial charge in [0.2, 0.25) is 41.4 Å². The molecule has 1 aliphatic carbocycles. The molecule has 68 heavy (non-hydrogen) atoms. The number of hydrogen-bond donors (Lipinski definition) is 12. The highest BCUT2D eigenvalue weighted by molar-refractivity contribution is 5.99. The maximum atomic E-state index is 14.1. The molecule has 23 heteroatoms. The Kier molecular flexibility index (Phi) is 22.7. The fourth-order valence-corrected chi connectivity index (χ4v) is 7.26. The van der Waals surface area contributed by atoms with Gasteiger partial charge in [-0.1, -0.05) is 44.2 Å². The lowest BCUT2D eigenvalue weighted by Gasteiger charge is -2.29. The first kappa shape index (κ1) is 55.0. The zero-order valence-corrected chi connectivity index (χ0v) is 37.9. The van der Waals surface area contributed by atoms with Crippen LogP contribution < -0.4 is 47.7 Å². The highest BCUT2D eigenvalue weighted by Gasteiger charge is 2.34. The van der Waals surface area contributed by atoms with E-state index in [2.05, 4.69) is 37.2 Å². The molecule has 0 aliphatic heterocycles. The third-order valence-corrected chi connectivity index (χ3v) is 11.2. The number of carboxylic acids is 2. The molecule has 2 aromatic rings. The van der Waals surface area contributed by atoms with E-state index < -0.39 is 128 Å². The standard InChI is InChI=1S/C45H62N8O15/c1-25(48-41(63)28-11-15-30(68-2)16-12-28)40(62)47-23-36(56)49-32(19-21-38(59)60)42(64)53-35(24-54)45(67)52-34(22-27-6-4-3-5-7-27)44(66)51-33(17-10-26-8-13-29(55)14-9-26)43(65)50-31(39(46)61)18-20-37(57)58/h8-9,11-16,25,27,31-35,54-55H,3-7,10,17-24H2,1-2H3,(H2,46,61)(H,47,62)(H,48,63)(H,49,56)(H,50,65)(H,51,66)(H,52,67)(H,53,64)(H,57,58)(H,59,60)/t25-,31-,32-,33-,34-,35-/m0/s1. The summed E-state index contributed by atoms with van der Waals surface area (Å²) in [4.78, 5) is 128. The number of nitrogens with one attached hydrogen (secondary N) is 7. The van der Waals surface area contributed by atoms with Crippen molar-refractivity contribution in [3.8, 4) is 11.5 Å². The van der Waals surface area contributed by atoms with Crippen LogP contribution in [0.4, 0.5) is 0 Å². The van der Waals surface area contributed by atoms with Crippen LogP contribution in [0.25, 0.3) is 0 Å². The topological polar surface area (TPSA) is 371 Å². The Hall–Kier alpha value is -7.30. The highest BCUT2D eigenvalue weighted by Crippen LogP contribution is 2.27. The van der Waals surface area contributed by atoms with Crippen molar-refractivity contribution in [2.75, 3.05) is 20.3 Å². The predicted octanol–water partition coefficient (Wildman–Crippen LogP) is -1.13. The van der Waals surface area contributed by atoms with Crippen molar-refractivity contribution in [3.05, 3.63) is 59.7 Å². The molecule has 1 fully saturated rings. The first-order valence-corrected chi connectivity index (χ1v) is 22.1. The summed E-state index contributed by atoms with van der Waals surface area (Å²) in [5.41, 5.74) is 6.33. The molecule has 23 nitrogen and oxygen atoms in total. The second kappa shape index (κ2) is 28.0. The predicted molar refractivity (Wildman–Crippen MR) is 240 cm³/mol. The first-order valence-electron chi connectivity index (χ1n) is 22.1. The molecule has 1 saturated carbocycles. The molecule has 6 atom stereocenters. The van der Waals surface area contributed by atoms with Crippen LogP contribution in [0.1, 0.15) is 93.5 Å². The minimum Gasteiger partial charge on any atom is -0.508 e. The molecule has 0 aromatic heterocycles. The molecule has 0 heterocycles. The molecule has 8 amide bonds. The van der Waals surface area contributed by atoms with E-state index >= 15 is 0 Å². The van der Waals surface area contributed by atoms with Crippen molar-refractivity contribution in [2.45, 2.75) is 120 Å². The number of aliphatic carboxylic acids is 2. The van der Waals surface area contributed by atoms with Crippen LogP contribution in [-0.2, 0) is 49.6 Å². The van der Waals surface area contributed by atoms with Crippen molar-refractivity contribution in [1.82, 2.24) is 37.2 Å². The second-order valence-corrected chi connectivity index (χ2v) is 16.4. The number of aliphatic hydroxyl groups excluding tert-OH is 1. The number of carboxylic acid groups (broad SMARTS) is 2. The number of rotatable bonds is 28. The lowest BCUT2D eigenvalue weighted by molar-refractivity contribution is -0.139. The summed E-state index contributed by atoms with van der Waals surface area (Å²) >= 11 is 0. The normalized spacial score (nSPS) is 15.0. The quantitative estimate of drug-likeness (QED) is 0.0480. The number of carbonyl (C=O) groups excluding carboxylic acids is 8. The number of benzene rings is 2. The smallest absolute Gasteiger partial charge is 0.303 e. The summed E-state index contributed by atoms with van der Waals surface area (Å²) in [5.74, 6) is -9.34. The van der Waals surface area contributed by atoms with E-state index in [1.54, 1.807) is 24.3 Å². The molecule has 1 aliphatic rings. The maximum absolute atomic E-state index is 14.1. The van der Waals surface area contributed by atoms with E-state index in [1.165, 1.54) is 38.3 Å². The molecule has 0 radical (unpaired) electrons. The summed E-state index contributed by atoms with van der Waals surface area (Å²) in [6.07, 6.45) is 2.28. The number of phenolic OH excluding ortho intramolecular Hbond substituents is 1. The van der Waals surface area contributed by atoms with Crippen LogP contribution in [0, 0.1) is 5.92 Å². The van der Waals surface area contributed by atoms with Crippen molar-refractivity contribution in [2.24, 2.45) is 11.7 Å². The largest absolute Gasteiger partial charge is 0.508 e. The molecule has 0 spiro atoms. The summed E-state index contributed by atoms with van der Waals surface area (Å²) in [6, 6.07) is 3.49. The minimum absolute atomic E-state index is 0.0136. The Balaban J connectivity index is 1.75. The fraction of sp³-hybridized carbons (Fsp3) is 0.511. The van der Waals surface area contributed by atoms with Gasteiger partial charge in [0.15, 0.2) is 0 Å². The lowest BCUT2D eigenvalue weighted by Crippen LogP contribution is -2.60. The molecule has 372 valence electrons. The zero-order valence-electron chi connectivity index (χ0n) is 37.9. The van der Waals surface area contributed by atoms with Gasteiger partial charge in [-0.2, -0.15) is 0 Å². The van der Waals surface area contributed by atoms with E-state index in [1.807, 2.05) is 0 Å². The van der Waals surface area contributed by atoms with Crippen LogP contribution in [0.3, 0.4) is 0 Å². The van der Waals surface area contributed by atoms with Crippen LogP contribution in [0.2, 0.25) is 0 Å². The van der Waals surface area contributed by atoms with E-state index in [4.69, 9.17) is 15.6 Å². The number of ether oxygens (including phenoxy) is 1. The van der Waals surface area contributed by atoms with Crippen LogP contribution in [0.15, 0.2) is 48.5 Å². The van der Waals surface area contributed by atoms with Crippen molar-refractivity contribution >= 4 is 59.2 Å². The molecule has 0 bridgehead atoms. The summed E-state index contributed by atoms with van der Waals surface area (Å²) in [5, 5.41) is 55.5. The van der Waals surface area contributed by atoms with E-state index in [0.29, 0.717) is 24.2 Å². The third kappa shape index (κ3) is 19.3. The third-order valence-electron chi connectivity index (χ3n) is 11.2. The average molecular weight is 955 g/mol. The molecule has 0 saturated heterocycles. The minimum atomic E-state index is -1.75. The summed E-state index contributed by atoms with van der Waals surface area (Å²) in [6.45, 7) is -0.364. The highest BCUT2D eigenvalue weighted by atomic mass is 16.5. The van der Waals surface area contributed by atoms with E-state index in [9.17, 15) is 63.3 Å². The Morgan fingerprint density at radius 2 is 1.16 bits per heavy atom. The number of hydrogen-bond acceptors (Lipinski definition) is 13. The monoisotopic (exact) mass is 954 g/mol. The maximum Gasteiger partial charge on any atom is 0.303 e. The van der Waals surface area contributed by atoms with Gasteiger partial charge >= 0.3 is 11.9 Å². The number of aliphatic hydroxyl groups is 1. The van der Waals surface area contributed by atoms with Gasteiger partial charge in [-0.3, -0.25) is 47.9 Å². The zero-order chi connectivity index (χ0) is 50.3. The molecule has 3 rings (SSSR count). The van der Waals surface area contributed by atoms with E-state index in [-0.39, 0.29) is 42.9 Å². The van der Waals surface area contributed by atoms with Gasteiger partial charge in [0.25, 0.3) is 5.91 Å². The van der Waals surface area contributed by atoms with Gasteiger partial charge < -0.3 is 68.1 Å². The number of phenols is 1. The molecular formula is C45H62N8O15. The van der Waals surface area contributed by atoms with Crippen molar-refractivity contribution < 1.29 is 73.1 Å². The van der Waals surface area contributed by atoms with Crippen molar-refractivity contribution in [3.63, 3.8) is 0 Å². The Bertz CT molecular complexity index is 2080. The molecular weight excluding hydrogens is 893 g/mol. The number of aryl methyl sites for hydroxylation is 1. The number of carbonyl (C=O) groups is 10.